The molecule has 0 N–H and O–H groups in total. The molecule has 0 amide bonds. The normalized spacial score (nSPS) is 8.38. The average molecular weight is 177 g/mol. The van der Waals surface area contributed by atoms with Crippen LogP contribution in [0.15, 0.2) is 24.3 Å². The molecule has 13 heavy (non-hydrogen) atoms. The molecule has 0 atom stereocenters. The summed E-state index contributed by atoms with van der Waals surface area (Å²) in [7, 11) is 0. The van der Waals surface area contributed by atoms with E-state index in [1.165, 1.54) is 24.3 Å². The summed E-state index contributed by atoms with van der Waals surface area (Å²) in [5, 5.41) is 10.3. The van der Waals surface area contributed by atoms with Gasteiger partial charge in [-0.2, -0.15) is 0 Å². The Hall–Kier alpha value is -2.02. The van der Waals surface area contributed by atoms with Crippen LogP contribution in [0.5, 0.6) is 5.75 Å². The first kappa shape index (κ1) is 9.07. The second-order valence-electron chi connectivity index (χ2n) is 2.21. The van der Waals surface area contributed by atoms with E-state index in [1.54, 1.807) is 6.92 Å². The Balaban J connectivity index is 2.79. The van der Waals surface area contributed by atoms with Gasteiger partial charge in [-0.15, -0.1) is 0 Å². The minimum absolute atomic E-state index is 0.0387. The lowest BCUT2D eigenvalue weighted by atomic mass is 10.3. The van der Waals surface area contributed by atoms with Crippen LogP contribution in [0.25, 0.3) is 0 Å². The van der Waals surface area contributed by atoms with Crippen LogP contribution < -0.4 is 4.74 Å². The molecule has 0 aliphatic rings. The molecule has 0 unspecified atom stereocenters. The quantitative estimate of drug-likeness (QED) is 0.394. The van der Waals surface area contributed by atoms with Crippen molar-refractivity contribution in [2.24, 2.45) is 0 Å². The zero-order chi connectivity index (χ0) is 9.68. The maximum absolute atomic E-state index is 10.3. The summed E-state index contributed by atoms with van der Waals surface area (Å²) in [5.74, 6) is 3.05. The molecule has 1 aromatic rings. The summed E-state index contributed by atoms with van der Waals surface area (Å²) in [6.45, 7) is 1.64. The molecule has 66 valence electrons. The van der Waals surface area contributed by atoms with Crippen molar-refractivity contribution in [2.75, 3.05) is 0 Å². The van der Waals surface area contributed by atoms with Gasteiger partial charge in [0.05, 0.1) is 4.92 Å². The molecule has 0 saturated heterocycles. The zero-order valence-electron chi connectivity index (χ0n) is 6.98. The molecule has 4 nitrogen and oxygen atoms in total. The minimum Gasteiger partial charge on any atom is -0.408 e. The Kier molecular flexibility index (Phi) is 2.87. The molecule has 0 spiro atoms. The van der Waals surface area contributed by atoms with E-state index in [4.69, 9.17) is 4.74 Å². The van der Waals surface area contributed by atoms with Gasteiger partial charge >= 0.3 is 0 Å². The van der Waals surface area contributed by atoms with Crippen LogP contribution in [0.3, 0.4) is 0 Å². The van der Waals surface area contributed by atoms with Gasteiger partial charge in [-0.3, -0.25) is 10.1 Å². The molecule has 0 aliphatic heterocycles. The van der Waals surface area contributed by atoms with E-state index in [0.29, 0.717) is 5.75 Å². The number of nitrogens with zero attached hydrogens (tertiary/aromatic N) is 1. The average Bonchev–Trinajstić information content (AvgIpc) is 2.15. The topological polar surface area (TPSA) is 52.4 Å². The van der Waals surface area contributed by atoms with E-state index >= 15 is 0 Å². The van der Waals surface area contributed by atoms with Crippen LogP contribution in [0.4, 0.5) is 5.69 Å². The number of benzene rings is 1. The van der Waals surface area contributed by atoms with E-state index in [2.05, 4.69) is 12.0 Å². The summed E-state index contributed by atoms with van der Waals surface area (Å²) < 4.78 is 4.91. The molecule has 1 aromatic carbocycles. The fourth-order valence-corrected chi connectivity index (χ4v) is 0.746. The third kappa shape index (κ3) is 2.49. The monoisotopic (exact) mass is 177 g/mol. The van der Waals surface area contributed by atoms with Crippen molar-refractivity contribution in [1.29, 1.82) is 0 Å². The predicted octanol–water partition coefficient (Wildman–Crippen LogP) is 1.95. The van der Waals surface area contributed by atoms with Crippen LogP contribution in [-0.4, -0.2) is 4.92 Å². The van der Waals surface area contributed by atoms with Gasteiger partial charge in [-0.1, -0.05) is 5.92 Å². The molecule has 0 aliphatic carbocycles. The Morgan fingerprint density at radius 3 is 2.46 bits per heavy atom. The lowest BCUT2D eigenvalue weighted by Gasteiger charge is -1.95. The molecule has 0 radical (unpaired) electrons. The maximum atomic E-state index is 10.3. The van der Waals surface area contributed by atoms with Gasteiger partial charge in [-0.05, 0) is 12.1 Å². The highest BCUT2D eigenvalue weighted by Gasteiger charge is 2.03. The van der Waals surface area contributed by atoms with Crippen molar-refractivity contribution in [2.45, 2.75) is 6.92 Å². The second kappa shape index (κ2) is 4.12. The first-order valence-electron chi connectivity index (χ1n) is 3.57. The van der Waals surface area contributed by atoms with Crippen LogP contribution in [0.1, 0.15) is 6.92 Å². The largest absolute Gasteiger partial charge is 0.408 e. The summed E-state index contributed by atoms with van der Waals surface area (Å²) in [6.07, 6.45) is 2.39. The number of hydrogen-bond acceptors (Lipinski definition) is 3. The van der Waals surface area contributed by atoms with Crippen molar-refractivity contribution >= 4 is 5.69 Å². The summed E-state index contributed by atoms with van der Waals surface area (Å²) >= 11 is 0. The Morgan fingerprint density at radius 2 is 2.00 bits per heavy atom. The lowest BCUT2D eigenvalue weighted by Crippen LogP contribution is -1.87. The van der Waals surface area contributed by atoms with E-state index in [1.807, 2.05) is 0 Å². The highest BCUT2D eigenvalue weighted by atomic mass is 16.6. The fraction of sp³-hybridized carbons (Fsp3) is 0.111. The third-order valence-electron chi connectivity index (χ3n) is 1.32. The standard InChI is InChI=1S/C9H7NO3/c1-2-7-13-9-5-3-8(4-6-9)10(11)12/h3-6H,1H3. The van der Waals surface area contributed by atoms with Crippen LogP contribution in [0.2, 0.25) is 0 Å². The highest BCUT2D eigenvalue weighted by Crippen LogP contribution is 2.16. The van der Waals surface area contributed by atoms with Gasteiger partial charge in [-0.25, -0.2) is 0 Å². The Bertz CT molecular complexity index is 359. The van der Waals surface area contributed by atoms with Crippen LogP contribution in [-0.2, 0) is 0 Å². The van der Waals surface area contributed by atoms with Gasteiger partial charge in [0.15, 0.2) is 0 Å². The Labute approximate surface area is 75.3 Å². The fourth-order valence-electron chi connectivity index (χ4n) is 0.746. The van der Waals surface area contributed by atoms with Crippen LogP contribution in [0, 0.1) is 22.1 Å². The lowest BCUT2D eigenvalue weighted by molar-refractivity contribution is -0.384. The minimum atomic E-state index is -0.463. The first-order valence-corrected chi connectivity index (χ1v) is 3.57. The van der Waals surface area contributed by atoms with Crippen molar-refractivity contribution < 1.29 is 9.66 Å². The van der Waals surface area contributed by atoms with Crippen molar-refractivity contribution in [3.63, 3.8) is 0 Å². The van der Waals surface area contributed by atoms with Gasteiger partial charge in [0.2, 0.25) is 0 Å². The van der Waals surface area contributed by atoms with Crippen molar-refractivity contribution in [3.05, 3.63) is 34.4 Å². The predicted molar refractivity (Wildman–Crippen MR) is 47.2 cm³/mol. The number of nitro groups is 1. The molecule has 0 heterocycles. The molecule has 0 saturated carbocycles. The van der Waals surface area contributed by atoms with Gasteiger partial charge < -0.3 is 4.74 Å². The number of non-ortho nitro benzene ring substituents is 1. The van der Waals surface area contributed by atoms with Crippen molar-refractivity contribution in [3.8, 4) is 17.8 Å². The number of nitro benzene ring substituents is 1. The van der Waals surface area contributed by atoms with E-state index in [-0.39, 0.29) is 5.69 Å². The molecular weight excluding hydrogens is 170 g/mol. The molecule has 0 aromatic heterocycles. The molecule has 0 fully saturated rings. The van der Waals surface area contributed by atoms with Crippen LogP contribution >= 0.6 is 0 Å². The zero-order valence-corrected chi connectivity index (χ0v) is 6.98. The second-order valence-corrected chi connectivity index (χ2v) is 2.21. The molecular formula is C9H7NO3. The number of hydrogen-bond donors (Lipinski definition) is 0. The van der Waals surface area contributed by atoms with E-state index in [0.717, 1.165) is 0 Å². The summed E-state index contributed by atoms with van der Waals surface area (Å²) in [6, 6.07) is 5.74. The number of rotatable bonds is 2. The first-order chi connectivity index (χ1) is 6.24. The van der Waals surface area contributed by atoms with Gasteiger partial charge in [0, 0.05) is 19.1 Å². The van der Waals surface area contributed by atoms with Gasteiger partial charge in [0.25, 0.3) is 5.69 Å². The highest BCUT2D eigenvalue weighted by molar-refractivity contribution is 5.36. The molecule has 0 bridgehead atoms. The van der Waals surface area contributed by atoms with Gasteiger partial charge in [0.1, 0.15) is 11.9 Å². The summed E-state index contributed by atoms with van der Waals surface area (Å²) in [5.41, 5.74) is 0.0387. The third-order valence-corrected chi connectivity index (χ3v) is 1.32. The summed E-state index contributed by atoms with van der Waals surface area (Å²) in [4.78, 5) is 9.80. The SMILES string of the molecule is CC#COc1ccc([N+](=O)[O-])cc1. The smallest absolute Gasteiger partial charge is 0.269 e. The van der Waals surface area contributed by atoms with E-state index in [9.17, 15) is 10.1 Å². The van der Waals surface area contributed by atoms with E-state index < -0.39 is 4.92 Å². The molecule has 4 heteroatoms. The number of ether oxygens (including phenoxy) is 1. The Morgan fingerprint density at radius 1 is 1.38 bits per heavy atom. The maximum Gasteiger partial charge on any atom is 0.269 e. The molecule has 1 rings (SSSR count). The van der Waals surface area contributed by atoms with Crippen molar-refractivity contribution in [1.82, 2.24) is 0 Å².